The van der Waals surface area contributed by atoms with Crippen LogP contribution in [-0.2, 0) is 4.79 Å². The Kier molecular flexibility index (Phi) is 7.00. The normalized spacial score (nSPS) is 16.2. The molecule has 1 fully saturated rings. The molecule has 0 heterocycles. The number of carbonyl (C=O) groups is 1. The molecule has 0 aromatic heterocycles. The molecular formula is C17H22F3N3O. The molecule has 4 nitrogen and oxygen atoms in total. The Balaban J connectivity index is 3.14. The number of hydrogen-bond donors (Lipinski definition) is 2. The van der Waals surface area contributed by atoms with Crippen molar-refractivity contribution >= 4 is 11.6 Å². The molecule has 0 bridgehead atoms. The number of halogens is 3. The van der Waals surface area contributed by atoms with Gasteiger partial charge in [-0.05, 0) is 31.8 Å². The number of rotatable bonds is 8. The molecule has 1 aliphatic rings. The number of carbonyl (C=O) groups excluding carboxylic acids is 1. The number of nitrogens with one attached hydrogen (secondary N) is 2. The van der Waals surface area contributed by atoms with Crippen molar-refractivity contribution < 1.29 is 18.0 Å². The lowest BCUT2D eigenvalue weighted by atomic mass is 10.1. The van der Waals surface area contributed by atoms with Crippen molar-refractivity contribution in [2.45, 2.75) is 25.9 Å². The van der Waals surface area contributed by atoms with Crippen molar-refractivity contribution in [3.8, 4) is 0 Å². The van der Waals surface area contributed by atoms with Gasteiger partial charge in [-0.3, -0.25) is 10.2 Å². The average Bonchev–Trinajstić information content (AvgIpc) is 3.32. The van der Waals surface area contributed by atoms with Crippen molar-refractivity contribution in [1.82, 2.24) is 10.2 Å². The molecule has 0 atom stereocenters. The second-order valence-corrected chi connectivity index (χ2v) is 5.51. The SMILES string of the molecule is C=C/C=C\C=C(/C)N(CC1CC1)C(=O)/C(=C/NC)C(=N)C(F)(F)F. The van der Waals surface area contributed by atoms with E-state index >= 15 is 0 Å². The van der Waals surface area contributed by atoms with Crippen LogP contribution in [0, 0.1) is 11.3 Å². The van der Waals surface area contributed by atoms with E-state index in [4.69, 9.17) is 5.41 Å². The second-order valence-electron chi connectivity index (χ2n) is 5.51. The zero-order chi connectivity index (χ0) is 18.3. The van der Waals surface area contributed by atoms with Crippen molar-refractivity contribution in [2.75, 3.05) is 13.6 Å². The van der Waals surface area contributed by atoms with E-state index in [-0.39, 0.29) is 5.92 Å². The minimum Gasteiger partial charge on any atom is -0.393 e. The van der Waals surface area contributed by atoms with Gasteiger partial charge in [0.2, 0.25) is 0 Å². The minimum absolute atomic E-state index is 0.289. The quantitative estimate of drug-likeness (QED) is 0.403. The van der Waals surface area contributed by atoms with Gasteiger partial charge < -0.3 is 10.2 Å². The Bertz CT molecular complexity index is 584. The van der Waals surface area contributed by atoms with Gasteiger partial charge >= 0.3 is 6.18 Å². The highest BCUT2D eigenvalue weighted by Crippen LogP contribution is 2.32. The van der Waals surface area contributed by atoms with Gasteiger partial charge in [-0.2, -0.15) is 13.2 Å². The van der Waals surface area contributed by atoms with E-state index < -0.39 is 23.4 Å². The molecule has 0 radical (unpaired) electrons. The maximum Gasteiger partial charge on any atom is 0.433 e. The molecule has 1 aliphatic carbocycles. The monoisotopic (exact) mass is 341 g/mol. The summed E-state index contributed by atoms with van der Waals surface area (Å²) in [6.07, 6.45) is 4.44. The van der Waals surface area contributed by atoms with Crippen LogP contribution >= 0.6 is 0 Å². The van der Waals surface area contributed by atoms with Crippen molar-refractivity contribution in [1.29, 1.82) is 5.41 Å². The summed E-state index contributed by atoms with van der Waals surface area (Å²) in [5, 5.41) is 9.72. The van der Waals surface area contributed by atoms with E-state index in [2.05, 4.69) is 11.9 Å². The molecule has 24 heavy (non-hydrogen) atoms. The third-order valence-electron chi connectivity index (χ3n) is 3.47. The van der Waals surface area contributed by atoms with E-state index in [1.807, 2.05) is 0 Å². The van der Waals surface area contributed by atoms with Gasteiger partial charge in [0, 0.05) is 25.5 Å². The lowest BCUT2D eigenvalue weighted by Crippen LogP contribution is -2.38. The number of hydrogen-bond acceptors (Lipinski definition) is 3. The molecule has 0 aromatic rings. The van der Waals surface area contributed by atoms with Gasteiger partial charge in [-0.1, -0.05) is 24.8 Å². The lowest BCUT2D eigenvalue weighted by Gasteiger charge is -2.25. The van der Waals surface area contributed by atoms with Gasteiger partial charge in [0.1, 0.15) is 5.71 Å². The van der Waals surface area contributed by atoms with Crippen molar-refractivity contribution in [3.05, 3.63) is 48.4 Å². The van der Waals surface area contributed by atoms with E-state index in [0.717, 1.165) is 19.0 Å². The number of nitrogens with zero attached hydrogens (tertiary/aromatic N) is 1. The van der Waals surface area contributed by atoms with Crippen molar-refractivity contribution in [2.24, 2.45) is 5.92 Å². The molecule has 0 saturated heterocycles. The third kappa shape index (κ3) is 5.72. The summed E-state index contributed by atoms with van der Waals surface area (Å²) in [5.74, 6) is -0.545. The Labute approximate surface area is 139 Å². The molecular weight excluding hydrogens is 319 g/mol. The summed E-state index contributed by atoms with van der Waals surface area (Å²) in [5.41, 5.74) is -1.84. The summed E-state index contributed by atoms with van der Waals surface area (Å²) in [7, 11) is 1.39. The fourth-order valence-corrected chi connectivity index (χ4v) is 1.99. The van der Waals surface area contributed by atoms with Gasteiger partial charge in [-0.15, -0.1) is 0 Å². The molecule has 0 spiro atoms. The Morgan fingerprint density at radius 2 is 2.00 bits per heavy atom. The van der Waals surface area contributed by atoms with Gasteiger partial charge in [0.25, 0.3) is 5.91 Å². The number of allylic oxidation sites excluding steroid dienone is 5. The number of alkyl halides is 3. The van der Waals surface area contributed by atoms with Gasteiger partial charge in [-0.25, -0.2) is 0 Å². The first-order chi connectivity index (χ1) is 11.2. The molecule has 0 unspecified atom stereocenters. The standard InChI is InChI=1S/C17H22F3N3O/c1-4-5-6-7-12(2)23(11-13-8-9-13)16(24)14(10-22-3)15(21)17(18,19)20/h4-7,10,13,21-22H,1,8-9,11H2,2-3H3/b6-5-,12-7+,14-10+,21-15?. The van der Waals surface area contributed by atoms with Crippen LogP contribution < -0.4 is 5.32 Å². The van der Waals surface area contributed by atoms with E-state index in [1.165, 1.54) is 11.9 Å². The fraction of sp³-hybridized carbons (Fsp3) is 0.412. The largest absolute Gasteiger partial charge is 0.433 e. The smallest absolute Gasteiger partial charge is 0.393 e. The van der Waals surface area contributed by atoms with Crippen LogP contribution in [0.2, 0.25) is 0 Å². The molecule has 7 heteroatoms. The van der Waals surface area contributed by atoms with Crippen LogP contribution in [-0.4, -0.2) is 36.3 Å². The highest BCUT2D eigenvalue weighted by atomic mass is 19.4. The predicted molar refractivity (Wildman–Crippen MR) is 88.5 cm³/mol. The summed E-state index contributed by atoms with van der Waals surface area (Å²) >= 11 is 0. The summed E-state index contributed by atoms with van der Waals surface area (Å²) in [6, 6.07) is 0. The lowest BCUT2D eigenvalue weighted by molar-refractivity contribution is -0.125. The van der Waals surface area contributed by atoms with Crippen LogP contribution in [0.1, 0.15) is 19.8 Å². The van der Waals surface area contributed by atoms with Crippen molar-refractivity contribution in [3.63, 3.8) is 0 Å². The molecule has 0 aromatic carbocycles. The zero-order valence-electron chi connectivity index (χ0n) is 13.8. The number of amides is 1. The van der Waals surface area contributed by atoms with Gasteiger partial charge in [0.05, 0.1) is 5.57 Å². The first kappa shape index (κ1) is 19.7. The summed E-state index contributed by atoms with van der Waals surface area (Å²) < 4.78 is 38.6. The van der Waals surface area contributed by atoms with Crippen LogP contribution in [0.3, 0.4) is 0 Å². The van der Waals surface area contributed by atoms with E-state index in [0.29, 0.717) is 12.2 Å². The van der Waals surface area contributed by atoms with Crippen LogP contribution in [0.4, 0.5) is 13.2 Å². The Hall–Kier alpha value is -2.31. The molecule has 1 saturated carbocycles. The van der Waals surface area contributed by atoms with Gasteiger partial charge in [0.15, 0.2) is 0 Å². The maximum atomic E-state index is 12.9. The summed E-state index contributed by atoms with van der Waals surface area (Å²) in [4.78, 5) is 14.0. The highest BCUT2D eigenvalue weighted by Gasteiger charge is 2.41. The maximum absolute atomic E-state index is 12.9. The average molecular weight is 341 g/mol. The summed E-state index contributed by atoms with van der Waals surface area (Å²) in [6.45, 7) is 5.53. The van der Waals surface area contributed by atoms with Crippen LogP contribution in [0.15, 0.2) is 48.4 Å². The Morgan fingerprint density at radius 3 is 2.46 bits per heavy atom. The fourth-order valence-electron chi connectivity index (χ4n) is 1.99. The molecule has 0 aliphatic heterocycles. The first-order valence-electron chi connectivity index (χ1n) is 7.53. The topological polar surface area (TPSA) is 56.2 Å². The second kappa shape index (κ2) is 8.52. The highest BCUT2D eigenvalue weighted by molar-refractivity contribution is 6.22. The first-order valence-corrected chi connectivity index (χ1v) is 7.53. The predicted octanol–water partition coefficient (Wildman–Crippen LogP) is 3.56. The zero-order valence-corrected chi connectivity index (χ0v) is 13.8. The molecule has 1 amide bonds. The molecule has 1 rings (SSSR count). The Morgan fingerprint density at radius 1 is 1.38 bits per heavy atom. The van der Waals surface area contributed by atoms with Crippen LogP contribution in [0.25, 0.3) is 0 Å². The van der Waals surface area contributed by atoms with Crippen LogP contribution in [0.5, 0.6) is 0 Å². The third-order valence-corrected chi connectivity index (χ3v) is 3.47. The van der Waals surface area contributed by atoms with E-state index in [9.17, 15) is 18.0 Å². The molecule has 132 valence electrons. The van der Waals surface area contributed by atoms with E-state index in [1.54, 1.807) is 31.2 Å². The molecule has 2 N–H and O–H groups in total. The minimum atomic E-state index is -4.88.